The van der Waals surface area contributed by atoms with Gasteiger partial charge in [0.25, 0.3) is 0 Å². The summed E-state index contributed by atoms with van der Waals surface area (Å²) in [5, 5.41) is 10.2. The molecule has 1 heteroatoms. The highest BCUT2D eigenvalue weighted by Crippen LogP contribution is 2.67. The lowest BCUT2D eigenvalue weighted by Crippen LogP contribution is -2.50. The fourth-order valence-corrected chi connectivity index (χ4v) is 8.91. The molecule has 0 aliphatic heterocycles. The molecule has 0 aromatic rings. The second kappa shape index (κ2) is 8.42. The molecule has 3 saturated carbocycles. The molecule has 0 amide bonds. The zero-order valence-corrected chi connectivity index (χ0v) is 20.7. The summed E-state index contributed by atoms with van der Waals surface area (Å²) in [6.45, 7) is 14.8. The van der Waals surface area contributed by atoms with E-state index in [0.29, 0.717) is 16.7 Å². The van der Waals surface area contributed by atoms with E-state index in [1.165, 1.54) is 51.4 Å². The fourth-order valence-electron chi connectivity index (χ4n) is 8.91. The third-order valence-electron chi connectivity index (χ3n) is 10.7. The van der Waals surface area contributed by atoms with Gasteiger partial charge < -0.3 is 5.11 Å². The van der Waals surface area contributed by atoms with Crippen LogP contribution in [0.25, 0.3) is 0 Å². The summed E-state index contributed by atoms with van der Waals surface area (Å²) < 4.78 is 0. The lowest BCUT2D eigenvalue weighted by Gasteiger charge is -2.58. The molecule has 0 radical (unpaired) electrons. The van der Waals surface area contributed by atoms with Gasteiger partial charge in [-0.2, -0.15) is 0 Å². The third-order valence-corrected chi connectivity index (χ3v) is 10.7. The van der Waals surface area contributed by atoms with Crippen molar-refractivity contribution in [2.75, 3.05) is 0 Å². The van der Waals surface area contributed by atoms with Crippen molar-refractivity contribution >= 4 is 0 Å². The van der Waals surface area contributed by atoms with Crippen molar-refractivity contribution in [3.8, 4) is 0 Å². The zero-order valence-electron chi connectivity index (χ0n) is 20.7. The predicted molar refractivity (Wildman–Crippen MR) is 128 cm³/mol. The Bertz CT molecular complexity index is 686. The van der Waals surface area contributed by atoms with Crippen molar-refractivity contribution in [3.05, 3.63) is 23.3 Å². The highest BCUT2D eigenvalue weighted by Gasteiger charge is 2.59. The van der Waals surface area contributed by atoms with Gasteiger partial charge >= 0.3 is 0 Å². The van der Waals surface area contributed by atoms with Crippen LogP contribution in [0.4, 0.5) is 0 Å². The molecule has 0 aromatic carbocycles. The number of hydrogen-bond donors (Lipinski definition) is 1. The maximum absolute atomic E-state index is 10.2. The Morgan fingerprint density at radius 3 is 2.57 bits per heavy atom. The Morgan fingerprint density at radius 2 is 1.87 bits per heavy atom. The maximum Gasteiger partial charge on any atom is 0.0577 e. The highest BCUT2D eigenvalue weighted by molar-refractivity contribution is 5.25. The quantitative estimate of drug-likeness (QED) is 0.454. The molecule has 0 bridgehead atoms. The summed E-state index contributed by atoms with van der Waals surface area (Å²) >= 11 is 0. The van der Waals surface area contributed by atoms with Crippen molar-refractivity contribution in [2.24, 2.45) is 46.3 Å². The lowest BCUT2D eigenvalue weighted by molar-refractivity contribution is -0.0565. The number of hydrogen-bond acceptors (Lipinski definition) is 1. The van der Waals surface area contributed by atoms with E-state index in [2.05, 4.69) is 53.7 Å². The minimum atomic E-state index is -0.0849. The van der Waals surface area contributed by atoms with E-state index in [1.807, 2.05) is 0 Å². The largest absolute Gasteiger partial charge is 0.393 e. The normalized spacial score (nSPS) is 44.9. The van der Waals surface area contributed by atoms with Crippen LogP contribution in [0.2, 0.25) is 0 Å². The average Bonchev–Trinajstić information content (AvgIpc) is 3.06. The van der Waals surface area contributed by atoms with E-state index in [0.717, 1.165) is 42.4 Å². The van der Waals surface area contributed by atoms with Crippen molar-refractivity contribution in [1.29, 1.82) is 0 Å². The van der Waals surface area contributed by atoms with Crippen LogP contribution in [-0.2, 0) is 0 Å². The number of fused-ring (bicyclic) bond motifs is 5. The molecule has 0 aromatic heterocycles. The second-order valence-electron chi connectivity index (χ2n) is 12.4. The molecule has 4 rings (SSSR count). The van der Waals surface area contributed by atoms with Gasteiger partial charge in [0.1, 0.15) is 0 Å². The molecule has 30 heavy (non-hydrogen) atoms. The van der Waals surface area contributed by atoms with Crippen LogP contribution in [0.1, 0.15) is 106 Å². The molecule has 4 aliphatic rings. The topological polar surface area (TPSA) is 20.2 Å². The van der Waals surface area contributed by atoms with Gasteiger partial charge in [-0.05, 0) is 111 Å². The summed E-state index contributed by atoms with van der Waals surface area (Å²) in [5.74, 6) is 5.09. The molecule has 1 N–H and O–H groups in total. The molecule has 1 unspecified atom stereocenters. The van der Waals surface area contributed by atoms with Crippen molar-refractivity contribution in [2.45, 2.75) is 112 Å². The summed E-state index contributed by atoms with van der Waals surface area (Å²) in [5.41, 5.74) is 4.19. The minimum Gasteiger partial charge on any atom is -0.393 e. The van der Waals surface area contributed by atoms with Crippen LogP contribution in [-0.4, -0.2) is 11.2 Å². The molecule has 0 heterocycles. The molecule has 3 fully saturated rings. The number of rotatable bonds is 5. The maximum atomic E-state index is 10.2. The van der Waals surface area contributed by atoms with Crippen LogP contribution >= 0.6 is 0 Å². The van der Waals surface area contributed by atoms with E-state index in [1.54, 1.807) is 11.1 Å². The SMILES string of the molecule is CCC(=CC[C@@H](C)[C@H]1CC[C@H]2[C@@H]3CC=C4CC(O)CC[C@]4(C)[C@H]3CC[C@]12C)C(C)C. The van der Waals surface area contributed by atoms with E-state index in [-0.39, 0.29) is 6.10 Å². The van der Waals surface area contributed by atoms with Gasteiger partial charge in [-0.25, -0.2) is 0 Å². The second-order valence-corrected chi connectivity index (χ2v) is 12.4. The Labute approximate surface area is 186 Å². The van der Waals surface area contributed by atoms with Gasteiger partial charge in [-0.15, -0.1) is 0 Å². The van der Waals surface area contributed by atoms with Gasteiger partial charge in [-0.3, -0.25) is 0 Å². The Hall–Kier alpha value is -0.560. The first-order chi connectivity index (χ1) is 14.2. The summed E-state index contributed by atoms with van der Waals surface area (Å²) in [4.78, 5) is 0. The van der Waals surface area contributed by atoms with Crippen LogP contribution < -0.4 is 0 Å². The summed E-state index contributed by atoms with van der Waals surface area (Å²) in [6, 6.07) is 0. The van der Waals surface area contributed by atoms with Crippen molar-refractivity contribution in [1.82, 2.24) is 0 Å². The van der Waals surface area contributed by atoms with Gasteiger partial charge in [-0.1, -0.05) is 64.8 Å². The molecule has 1 nitrogen and oxygen atoms in total. The molecular formula is C29H48O. The highest BCUT2D eigenvalue weighted by atomic mass is 16.3. The number of aliphatic hydroxyl groups excluding tert-OH is 1. The minimum absolute atomic E-state index is 0.0849. The zero-order chi connectivity index (χ0) is 21.7. The van der Waals surface area contributed by atoms with Crippen molar-refractivity contribution < 1.29 is 5.11 Å². The van der Waals surface area contributed by atoms with Crippen LogP contribution in [0.3, 0.4) is 0 Å². The van der Waals surface area contributed by atoms with E-state index >= 15 is 0 Å². The van der Waals surface area contributed by atoms with Crippen molar-refractivity contribution in [3.63, 3.8) is 0 Å². The molecule has 4 aliphatic carbocycles. The van der Waals surface area contributed by atoms with E-state index in [4.69, 9.17) is 0 Å². The summed E-state index contributed by atoms with van der Waals surface area (Å²) in [6.07, 6.45) is 17.8. The number of aliphatic hydroxyl groups is 1. The lowest BCUT2D eigenvalue weighted by atomic mass is 9.47. The first kappa shape index (κ1) is 22.6. The predicted octanol–water partition coefficient (Wildman–Crippen LogP) is 7.94. The monoisotopic (exact) mass is 412 g/mol. The molecular weight excluding hydrogens is 364 g/mol. The van der Waals surface area contributed by atoms with E-state index in [9.17, 15) is 5.11 Å². The molecule has 0 saturated heterocycles. The van der Waals surface area contributed by atoms with Gasteiger partial charge in [0.05, 0.1) is 6.10 Å². The van der Waals surface area contributed by atoms with Gasteiger partial charge in [0.15, 0.2) is 0 Å². The molecule has 0 spiro atoms. The van der Waals surface area contributed by atoms with Crippen LogP contribution in [0.15, 0.2) is 23.3 Å². The van der Waals surface area contributed by atoms with Crippen LogP contribution in [0.5, 0.6) is 0 Å². The first-order valence-electron chi connectivity index (χ1n) is 13.3. The average molecular weight is 413 g/mol. The Balaban J connectivity index is 1.51. The number of allylic oxidation sites excluding steroid dienone is 3. The van der Waals surface area contributed by atoms with E-state index < -0.39 is 0 Å². The van der Waals surface area contributed by atoms with Gasteiger partial charge in [0.2, 0.25) is 0 Å². The Kier molecular flexibility index (Phi) is 6.35. The van der Waals surface area contributed by atoms with Gasteiger partial charge in [0, 0.05) is 0 Å². The summed E-state index contributed by atoms with van der Waals surface area (Å²) in [7, 11) is 0. The Morgan fingerprint density at radius 1 is 1.10 bits per heavy atom. The fraction of sp³-hybridized carbons (Fsp3) is 0.862. The molecule has 8 atom stereocenters. The first-order valence-corrected chi connectivity index (χ1v) is 13.3. The standard InChI is InChI=1S/C29H48O/c1-7-21(19(2)3)9-8-20(4)25-12-13-26-24-11-10-22-18-23(30)14-16-28(22,5)27(24)15-17-29(25,26)6/h9-10,19-20,23-27,30H,7-8,11-18H2,1-6H3/t20-,23?,24+,25-,26+,27+,28+,29-/m1/s1. The smallest absolute Gasteiger partial charge is 0.0577 e. The molecule has 170 valence electrons. The van der Waals surface area contributed by atoms with Crippen LogP contribution in [0, 0.1) is 46.3 Å². The third kappa shape index (κ3) is 3.66.